The third kappa shape index (κ3) is 2.75. The summed E-state index contributed by atoms with van der Waals surface area (Å²) in [5.41, 5.74) is 0.161. The second kappa shape index (κ2) is 5.46. The molecule has 92 valence electrons. The van der Waals surface area contributed by atoms with Crippen molar-refractivity contribution in [2.24, 2.45) is 0 Å². The van der Waals surface area contributed by atoms with Crippen LogP contribution in [0.1, 0.15) is 10.5 Å². The molecule has 2 N–H and O–H groups in total. The lowest BCUT2D eigenvalue weighted by Gasteiger charge is -2.07. The molecule has 2 aromatic heterocycles. The number of carbonyl (C=O) groups is 1. The van der Waals surface area contributed by atoms with Crippen molar-refractivity contribution in [3.05, 3.63) is 47.2 Å². The quantitative estimate of drug-likeness (QED) is 0.892. The molecule has 0 saturated carbocycles. The van der Waals surface area contributed by atoms with Crippen LogP contribution in [0.25, 0.3) is 0 Å². The number of hydrogen-bond donors (Lipinski definition) is 2. The van der Waals surface area contributed by atoms with Crippen LogP contribution in [0, 0.1) is 0 Å². The van der Waals surface area contributed by atoms with Crippen molar-refractivity contribution in [3.8, 4) is 0 Å². The molecule has 2 rings (SSSR count). The standard InChI is InChI=1S/C12H11ClN4O/c1-14-9-6-5-8(13)11(16-9)12(18)17-10-4-2-3-7-15-10/h2-7H,1H3,(H,14,16)(H,15,17,18). The van der Waals surface area contributed by atoms with Gasteiger partial charge in [0.2, 0.25) is 0 Å². The molecule has 18 heavy (non-hydrogen) atoms. The highest BCUT2D eigenvalue weighted by Gasteiger charge is 2.13. The van der Waals surface area contributed by atoms with Crippen LogP contribution in [0.15, 0.2) is 36.5 Å². The van der Waals surface area contributed by atoms with Crippen molar-refractivity contribution in [2.75, 3.05) is 17.7 Å². The summed E-state index contributed by atoms with van der Waals surface area (Å²) >= 11 is 5.94. The number of amides is 1. The fourth-order valence-corrected chi connectivity index (χ4v) is 1.54. The lowest BCUT2D eigenvalue weighted by atomic mass is 10.3. The Hall–Kier alpha value is -2.14. The minimum Gasteiger partial charge on any atom is -0.373 e. The van der Waals surface area contributed by atoms with E-state index in [0.29, 0.717) is 16.7 Å². The molecule has 0 bridgehead atoms. The maximum atomic E-state index is 12.0. The van der Waals surface area contributed by atoms with E-state index in [-0.39, 0.29) is 5.69 Å². The maximum Gasteiger partial charge on any atom is 0.277 e. The number of pyridine rings is 2. The van der Waals surface area contributed by atoms with Crippen LogP contribution in [0.4, 0.5) is 11.6 Å². The van der Waals surface area contributed by atoms with E-state index in [0.717, 1.165) is 0 Å². The predicted octanol–water partition coefficient (Wildman–Crippen LogP) is 2.42. The maximum absolute atomic E-state index is 12.0. The summed E-state index contributed by atoms with van der Waals surface area (Å²) in [4.78, 5) is 20.1. The van der Waals surface area contributed by atoms with E-state index < -0.39 is 5.91 Å². The zero-order valence-electron chi connectivity index (χ0n) is 9.64. The molecule has 0 aliphatic rings. The topological polar surface area (TPSA) is 66.9 Å². The molecule has 1 amide bonds. The molecule has 2 heterocycles. The Morgan fingerprint density at radius 1 is 1.22 bits per heavy atom. The van der Waals surface area contributed by atoms with E-state index in [1.165, 1.54) is 0 Å². The number of nitrogens with one attached hydrogen (secondary N) is 2. The van der Waals surface area contributed by atoms with Crippen LogP contribution in [-0.2, 0) is 0 Å². The van der Waals surface area contributed by atoms with Crippen molar-refractivity contribution >= 4 is 29.1 Å². The Labute approximate surface area is 109 Å². The molecule has 0 atom stereocenters. The van der Waals surface area contributed by atoms with E-state index in [1.54, 1.807) is 43.6 Å². The van der Waals surface area contributed by atoms with Gasteiger partial charge in [-0.1, -0.05) is 17.7 Å². The fourth-order valence-electron chi connectivity index (χ4n) is 1.35. The monoisotopic (exact) mass is 262 g/mol. The summed E-state index contributed by atoms with van der Waals surface area (Å²) in [6.07, 6.45) is 1.59. The second-order valence-corrected chi connectivity index (χ2v) is 3.85. The van der Waals surface area contributed by atoms with Gasteiger partial charge in [-0.25, -0.2) is 9.97 Å². The molecule has 0 fully saturated rings. The van der Waals surface area contributed by atoms with Gasteiger partial charge in [0.15, 0.2) is 0 Å². The zero-order valence-corrected chi connectivity index (χ0v) is 10.4. The first-order chi connectivity index (χ1) is 8.70. The number of anilines is 2. The Kier molecular flexibility index (Phi) is 3.74. The number of carbonyl (C=O) groups excluding carboxylic acids is 1. The lowest BCUT2D eigenvalue weighted by molar-refractivity contribution is 0.102. The molecule has 0 aliphatic heterocycles. The summed E-state index contributed by atoms with van der Waals surface area (Å²) < 4.78 is 0. The summed E-state index contributed by atoms with van der Waals surface area (Å²) in [5, 5.41) is 5.77. The average molecular weight is 263 g/mol. The van der Waals surface area contributed by atoms with Gasteiger partial charge in [0.1, 0.15) is 17.3 Å². The Morgan fingerprint density at radius 3 is 2.72 bits per heavy atom. The summed E-state index contributed by atoms with van der Waals surface area (Å²) in [7, 11) is 1.72. The molecule has 0 aromatic carbocycles. The first kappa shape index (κ1) is 12.3. The van der Waals surface area contributed by atoms with Gasteiger partial charge in [-0.3, -0.25) is 4.79 Å². The summed E-state index contributed by atoms with van der Waals surface area (Å²) in [6.45, 7) is 0. The van der Waals surface area contributed by atoms with Gasteiger partial charge in [-0.15, -0.1) is 0 Å². The number of rotatable bonds is 3. The van der Waals surface area contributed by atoms with Crippen LogP contribution in [0.5, 0.6) is 0 Å². The van der Waals surface area contributed by atoms with Gasteiger partial charge < -0.3 is 10.6 Å². The Morgan fingerprint density at radius 2 is 2.06 bits per heavy atom. The van der Waals surface area contributed by atoms with E-state index in [2.05, 4.69) is 20.6 Å². The third-order valence-electron chi connectivity index (χ3n) is 2.22. The summed E-state index contributed by atoms with van der Waals surface area (Å²) in [6, 6.07) is 8.55. The molecule has 0 radical (unpaired) electrons. The van der Waals surface area contributed by atoms with Crippen LogP contribution in [0.2, 0.25) is 5.02 Å². The predicted molar refractivity (Wildman–Crippen MR) is 71.0 cm³/mol. The first-order valence-corrected chi connectivity index (χ1v) is 5.65. The highest BCUT2D eigenvalue weighted by atomic mass is 35.5. The van der Waals surface area contributed by atoms with Crippen LogP contribution < -0.4 is 10.6 Å². The molecular formula is C12H11ClN4O. The summed E-state index contributed by atoms with van der Waals surface area (Å²) in [5.74, 6) is 0.636. The van der Waals surface area contributed by atoms with Crippen molar-refractivity contribution in [1.82, 2.24) is 9.97 Å². The highest BCUT2D eigenvalue weighted by molar-refractivity contribution is 6.34. The van der Waals surface area contributed by atoms with Gasteiger partial charge in [0.05, 0.1) is 5.02 Å². The molecule has 0 saturated heterocycles. The van der Waals surface area contributed by atoms with Crippen LogP contribution in [-0.4, -0.2) is 22.9 Å². The van der Waals surface area contributed by atoms with Gasteiger partial charge in [-0.2, -0.15) is 0 Å². The molecule has 0 unspecified atom stereocenters. The number of hydrogen-bond acceptors (Lipinski definition) is 4. The lowest BCUT2D eigenvalue weighted by Crippen LogP contribution is -2.15. The normalized spacial score (nSPS) is 9.89. The van der Waals surface area contributed by atoms with Crippen LogP contribution >= 0.6 is 11.6 Å². The fraction of sp³-hybridized carbons (Fsp3) is 0.0833. The van der Waals surface area contributed by atoms with Crippen molar-refractivity contribution in [3.63, 3.8) is 0 Å². The van der Waals surface area contributed by atoms with E-state index in [1.807, 2.05) is 0 Å². The van der Waals surface area contributed by atoms with Gasteiger partial charge in [-0.05, 0) is 24.3 Å². The largest absolute Gasteiger partial charge is 0.373 e. The zero-order chi connectivity index (χ0) is 13.0. The van der Waals surface area contributed by atoms with E-state index >= 15 is 0 Å². The SMILES string of the molecule is CNc1ccc(Cl)c(C(=O)Nc2ccccn2)n1. The Bertz CT molecular complexity index is 559. The third-order valence-corrected chi connectivity index (χ3v) is 2.53. The molecule has 5 nitrogen and oxygen atoms in total. The molecule has 0 aliphatic carbocycles. The highest BCUT2D eigenvalue weighted by Crippen LogP contribution is 2.17. The molecular weight excluding hydrogens is 252 g/mol. The average Bonchev–Trinajstić information content (AvgIpc) is 2.40. The number of nitrogens with zero attached hydrogens (tertiary/aromatic N) is 2. The van der Waals surface area contributed by atoms with Gasteiger partial charge in [0, 0.05) is 13.2 Å². The van der Waals surface area contributed by atoms with Crippen molar-refractivity contribution in [2.45, 2.75) is 0 Å². The minimum atomic E-state index is -0.393. The molecule has 6 heteroatoms. The molecule has 0 spiro atoms. The van der Waals surface area contributed by atoms with Crippen LogP contribution in [0.3, 0.4) is 0 Å². The van der Waals surface area contributed by atoms with Crippen molar-refractivity contribution in [1.29, 1.82) is 0 Å². The second-order valence-electron chi connectivity index (χ2n) is 3.45. The number of halogens is 1. The smallest absolute Gasteiger partial charge is 0.277 e. The minimum absolute atomic E-state index is 0.161. The van der Waals surface area contributed by atoms with Gasteiger partial charge in [0.25, 0.3) is 5.91 Å². The van der Waals surface area contributed by atoms with Crippen molar-refractivity contribution < 1.29 is 4.79 Å². The van der Waals surface area contributed by atoms with E-state index in [4.69, 9.17) is 11.6 Å². The first-order valence-electron chi connectivity index (χ1n) is 5.27. The molecule has 2 aromatic rings. The number of aromatic nitrogens is 2. The van der Waals surface area contributed by atoms with E-state index in [9.17, 15) is 4.79 Å². The Balaban J connectivity index is 2.23. The van der Waals surface area contributed by atoms with Gasteiger partial charge >= 0.3 is 0 Å².